The molecule has 0 bridgehead atoms. The standard InChI is InChI=1S/C26H54O2Si/c1-5-8-10-12-14-15-16-17-18-20-22-24-26-28-29(4,7-3)27-25-23-21-19-13-11-9-6-2/h7H,3,5-6,8-26H2,1-2,4H3. The Labute approximate surface area is 185 Å². The van der Waals surface area contributed by atoms with Gasteiger partial charge < -0.3 is 8.85 Å². The van der Waals surface area contributed by atoms with Crippen LogP contribution < -0.4 is 0 Å². The van der Waals surface area contributed by atoms with Crippen LogP contribution in [0.5, 0.6) is 0 Å². The van der Waals surface area contributed by atoms with Crippen LogP contribution in [0.3, 0.4) is 0 Å². The van der Waals surface area contributed by atoms with E-state index in [0.29, 0.717) is 0 Å². The van der Waals surface area contributed by atoms with Crippen LogP contribution in [0.1, 0.15) is 136 Å². The van der Waals surface area contributed by atoms with Gasteiger partial charge in [-0.05, 0) is 25.1 Å². The molecular weight excluding hydrogens is 372 g/mol. The van der Waals surface area contributed by atoms with Crippen LogP contribution in [0.4, 0.5) is 0 Å². The molecule has 0 amide bonds. The van der Waals surface area contributed by atoms with E-state index >= 15 is 0 Å². The highest BCUT2D eigenvalue weighted by Crippen LogP contribution is 2.14. The second-order valence-corrected chi connectivity index (χ2v) is 11.9. The fourth-order valence-corrected chi connectivity index (χ4v) is 5.13. The van der Waals surface area contributed by atoms with Gasteiger partial charge >= 0.3 is 8.56 Å². The Hall–Kier alpha value is -0.123. The van der Waals surface area contributed by atoms with E-state index < -0.39 is 8.56 Å². The Morgan fingerprint density at radius 1 is 0.517 bits per heavy atom. The lowest BCUT2D eigenvalue weighted by Gasteiger charge is -2.23. The highest BCUT2D eigenvalue weighted by molar-refractivity contribution is 6.71. The van der Waals surface area contributed by atoms with E-state index in [1.54, 1.807) is 0 Å². The smallest absolute Gasteiger partial charge is 0.361 e. The zero-order valence-electron chi connectivity index (χ0n) is 20.5. The fraction of sp³-hybridized carbons (Fsp3) is 0.923. The zero-order chi connectivity index (χ0) is 21.5. The van der Waals surface area contributed by atoms with Crippen LogP contribution in [0.2, 0.25) is 6.55 Å². The van der Waals surface area contributed by atoms with Crippen molar-refractivity contribution in [1.82, 2.24) is 0 Å². The highest BCUT2D eigenvalue weighted by atomic mass is 28.4. The van der Waals surface area contributed by atoms with Crippen LogP contribution >= 0.6 is 0 Å². The number of hydrogen-bond donors (Lipinski definition) is 0. The number of hydrogen-bond acceptors (Lipinski definition) is 2. The van der Waals surface area contributed by atoms with E-state index in [4.69, 9.17) is 8.85 Å². The summed E-state index contributed by atoms with van der Waals surface area (Å²) in [5.41, 5.74) is 1.95. The van der Waals surface area contributed by atoms with Crippen molar-refractivity contribution in [2.24, 2.45) is 0 Å². The summed E-state index contributed by atoms with van der Waals surface area (Å²) in [5.74, 6) is 0. The van der Waals surface area contributed by atoms with Gasteiger partial charge in [0.25, 0.3) is 0 Å². The van der Waals surface area contributed by atoms with Gasteiger partial charge in [0.15, 0.2) is 0 Å². The van der Waals surface area contributed by atoms with Gasteiger partial charge in [-0.2, -0.15) is 0 Å². The van der Waals surface area contributed by atoms with Crippen molar-refractivity contribution >= 4 is 8.56 Å². The molecule has 0 aromatic heterocycles. The maximum Gasteiger partial charge on any atom is 0.361 e. The third kappa shape index (κ3) is 20.9. The first-order valence-corrected chi connectivity index (χ1v) is 15.5. The normalized spacial score (nSPS) is 13.5. The molecule has 0 heterocycles. The summed E-state index contributed by atoms with van der Waals surface area (Å²) in [6.45, 7) is 12.3. The molecule has 0 rings (SSSR count). The Balaban J connectivity index is 3.44. The van der Waals surface area contributed by atoms with Crippen molar-refractivity contribution in [2.75, 3.05) is 13.2 Å². The van der Waals surface area contributed by atoms with Crippen LogP contribution in [0.15, 0.2) is 12.3 Å². The van der Waals surface area contributed by atoms with E-state index in [9.17, 15) is 0 Å². The Bertz CT molecular complexity index is 335. The molecule has 0 aliphatic heterocycles. The summed E-state index contributed by atoms with van der Waals surface area (Å²) in [6, 6.07) is 0. The predicted molar refractivity (Wildman–Crippen MR) is 133 cm³/mol. The second kappa shape index (κ2) is 22.6. The second-order valence-electron chi connectivity index (χ2n) is 8.93. The third-order valence-corrected chi connectivity index (χ3v) is 8.19. The van der Waals surface area contributed by atoms with E-state index in [2.05, 4.69) is 27.0 Å². The van der Waals surface area contributed by atoms with E-state index in [1.165, 1.54) is 109 Å². The van der Waals surface area contributed by atoms with Crippen molar-refractivity contribution in [3.05, 3.63) is 12.3 Å². The van der Waals surface area contributed by atoms with Crippen LogP contribution in [0.25, 0.3) is 0 Å². The van der Waals surface area contributed by atoms with Gasteiger partial charge in [-0.15, -0.1) is 6.58 Å². The van der Waals surface area contributed by atoms with Crippen molar-refractivity contribution < 1.29 is 8.85 Å². The summed E-state index contributed by atoms with van der Waals surface area (Å²) in [7, 11) is -2.14. The molecule has 0 saturated carbocycles. The molecule has 0 fully saturated rings. The predicted octanol–water partition coefficient (Wildman–Crippen LogP) is 9.27. The SMILES string of the molecule is C=C[Si](C)(OCCCCCCCCC)OCCCCCCCCCCCCCC. The third-order valence-electron chi connectivity index (χ3n) is 5.89. The lowest BCUT2D eigenvalue weighted by atomic mass is 10.1. The van der Waals surface area contributed by atoms with Crippen LogP contribution in [0, 0.1) is 0 Å². The molecule has 0 saturated heterocycles. The Kier molecular flexibility index (Phi) is 22.5. The number of unbranched alkanes of at least 4 members (excludes halogenated alkanes) is 17. The van der Waals surface area contributed by atoms with Gasteiger partial charge in [0.05, 0.1) is 0 Å². The molecule has 0 aliphatic rings. The highest BCUT2D eigenvalue weighted by Gasteiger charge is 2.26. The first-order valence-electron chi connectivity index (χ1n) is 13.1. The Morgan fingerprint density at radius 3 is 1.07 bits per heavy atom. The molecule has 1 unspecified atom stereocenters. The molecule has 2 nitrogen and oxygen atoms in total. The van der Waals surface area contributed by atoms with E-state index in [-0.39, 0.29) is 0 Å². The molecule has 1 atom stereocenters. The zero-order valence-corrected chi connectivity index (χ0v) is 21.5. The summed E-state index contributed by atoms with van der Waals surface area (Å²) in [4.78, 5) is 0. The van der Waals surface area contributed by atoms with Crippen molar-refractivity contribution in [1.29, 1.82) is 0 Å². The summed E-state index contributed by atoms with van der Waals surface area (Å²) < 4.78 is 12.2. The molecule has 0 spiro atoms. The average molecular weight is 427 g/mol. The largest absolute Gasteiger partial charge is 0.391 e. The van der Waals surface area contributed by atoms with Gasteiger partial charge in [0.2, 0.25) is 0 Å². The lowest BCUT2D eigenvalue weighted by molar-refractivity contribution is 0.177. The molecule has 0 aromatic rings. The average Bonchev–Trinajstić information content (AvgIpc) is 2.73. The molecule has 0 radical (unpaired) electrons. The summed E-state index contributed by atoms with van der Waals surface area (Å²) >= 11 is 0. The monoisotopic (exact) mass is 426 g/mol. The van der Waals surface area contributed by atoms with Crippen molar-refractivity contribution in [3.8, 4) is 0 Å². The molecular formula is C26H54O2Si. The molecule has 3 heteroatoms. The minimum Gasteiger partial charge on any atom is -0.391 e. The maximum absolute atomic E-state index is 6.13. The first kappa shape index (κ1) is 28.9. The maximum atomic E-state index is 6.13. The molecule has 0 aromatic carbocycles. The number of rotatable bonds is 24. The molecule has 174 valence electrons. The van der Waals surface area contributed by atoms with Crippen LogP contribution in [-0.4, -0.2) is 21.8 Å². The summed E-state index contributed by atoms with van der Waals surface area (Å²) in [5, 5.41) is 0. The van der Waals surface area contributed by atoms with Gasteiger partial charge in [-0.3, -0.25) is 0 Å². The minimum atomic E-state index is -2.14. The van der Waals surface area contributed by atoms with Gasteiger partial charge in [0, 0.05) is 13.2 Å². The van der Waals surface area contributed by atoms with Crippen molar-refractivity contribution in [2.45, 2.75) is 142 Å². The molecule has 0 aliphatic carbocycles. The Morgan fingerprint density at radius 2 is 0.793 bits per heavy atom. The first-order chi connectivity index (χ1) is 14.2. The van der Waals surface area contributed by atoms with Gasteiger partial charge in [-0.1, -0.05) is 123 Å². The quantitative estimate of drug-likeness (QED) is 0.113. The fourth-order valence-electron chi connectivity index (χ4n) is 3.71. The van der Waals surface area contributed by atoms with Gasteiger partial charge in [0.1, 0.15) is 0 Å². The van der Waals surface area contributed by atoms with Crippen LogP contribution in [-0.2, 0) is 8.85 Å². The van der Waals surface area contributed by atoms with Crippen molar-refractivity contribution in [3.63, 3.8) is 0 Å². The molecule has 0 N–H and O–H groups in total. The van der Waals surface area contributed by atoms with E-state index in [1.807, 2.05) is 5.70 Å². The lowest BCUT2D eigenvalue weighted by Crippen LogP contribution is -2.37. The summed E-state index contributed by atoms with van der Waals surface area (Å²) in [6.07, 6.45) is 25.8. The molecule has 29 heavy (non-hydrogen) atoms. The van der Waals surface area contributed by atoms with Gasteiger partial charge in [-0.25, -0.2) is 0 Å². The minimum absolute atomic E-state index is 0.834. The van der Waals surface area contributed by atoms with E-state index in [0.717, 1.165) is 26.1 Å². The topological polar surface area (TPSA) is 18.5 Å².